The minimum Gasteiger partial charge on any atom is -0.319 e. The number of nitrogens with zero attached hydrogens (tertiary/aromatic N) is 5. The quantitative estimate of drug-likeness (QED) is 0.0838. The number of hydrogen-bond donors (Lipinski definition) is 0. The van der Waals surface area contributed by atoms with Crippen molar-refractivity contribution in [2.24, 2.45) is 0 Å². The summed E-state index contributed by atoms with van der Waals surface area (Å²) in [6.45, 7) is 7.31. The Balaban J connectivity index is 0.759. The van der Waals surface area contributed by atoms with Crippen molar-refractivity contribution in [2.75, 3.05) is 26.7 Å². The number of benzene rings is 13. The molecule has 0 unspecified atom stereocenters. The smallest absolute Gasteiger partial charge is 0.164 e. The van der Waals surface area contributed by atoms with Gasteiger partial charge in [-0.25, -0.2) is 24.9 Å². The first-order valence-corrected chi connectivity index (χ1v) is 36.0. The van der Waals surface area contributed by atoms with Crippen LogP contribution in [0.1, 0.15) is 0 Å². The van der Waals surface area contributed by atoms with E-state index >= 15 is 0 Å². The topological polar surface area (TPSA) is 98.6 Å². The maximum absolute atomic E-state index is 13.4. The van der Waals surface area contributed by atoms with Gasteiger partial charge in [0.15, 0.2) is 23.3 Å². The highest BCUT2D eigenvalue weighted by Crippen LogP contribution is 2.46. The molecular weight excluding hydrogens is 1160 g/mol. The first-order valence-electron chi connectivity index (χ1n) is 30.8. The molecule has 2 aromatic heterocycles. The molecule has 0 saturated carbocycles. The summed E-state index contributed by atoms with van der Waals surface area (Å²) < 4.78 is 26.5. The van der Waals surface area contributed by atoms with Crippen molar-refractivity contribution in [3.63, 3.8) is 0 Å². The van der Waals surface area contributed by atoms with Gasteiger partial charge in [-0.15, -0.1) is 0 Å². The summed E-state index contributed by atoms with van der Waals surface area (Å²) >= 11 is 0. The molecule has 0 bridgehead atoms. The second-order valence-corrected chi connectivity index (χ2v) is 30.6. The van der Waals surface area contributed by atoms with E-state index in [0.717, 1.165) is 143 Å². The number of aromatic nitrogens is 5. The van der Waals surface area contributed by atoms with Gasteiger partial charge in [0.05, 0.1) is 11.4 Å². The van der Waals surface area contributed by atoms with Gasteiger partial charge in [0, 0.05) is 44.0 Å². The maximum atomic E-state index is 13.4. The molecule has 0 amide bonds. The highest BCUT2D eigenvalue weighted by molar-refractivity contribution is 7.70. The molecule has 0 aliphatic heterocycles. The fourth-order valence-corrected chi connectivity index (χ4v) is 14.5. The van der Waals surface area contributed by atoms with Crippen molar-refractivity contribution in [1.29, 1.82) is 0 Å². The SMILES string of the molecule is CP(C)(=O)c1cccc(-c2ccc(-c3ccc(-c4nc(-c5ccccc5)nc(-c5ccc(-c6cccc(-c7nc(-c8ccccc8)cc(-c8cccc(-c9c%10ccccc%10c(-c%10cccc(P(C)(C)=O)c%10)c%10ccccc9%10)c8)n7)c6)cc5)n4)cc3)c3ccccc23)c1. The standard InChI is InChI=1S/C83H61N5O2P2/c1-91(2,89)66-31-19-26-61(51-66)69-48-47-68(70-33-11-12-34-71(69)70)55-41-45-59(46-42-55)82-87-80(57-23-9-6-10-24-57)86-81(88-82)58-43-39-54(40-44-58)60-25-17-30-65(49-60)83-84-76(56-21-7-5-8-22-56)53-77(85-83)62-27-18-28-63(50-62)78-72-35-13-15-37-74(72)79(75-38-16-14-36-73(75)78)64-29-20-32-67(52-64)92(3,4)90/h5-53H,1-4H3. The minimum atomic E-state index is -2.51. The third-order valence-corrected chi connectivity index (χ3v) is 20.4. The molecule has 7 nitrogen and oxygen atoms in total. The molecule has 2 heterocycles. The Morgan fingerprint density at radius 2 is 0.543 bits per heavy atom. The largest absolute Gasteiger partial charge is 0.319 e. The average molecular weight is 1220 g/mol. The van der Waals surface area contributed by atoms with Crippen molar-refractivity contribution >= 4 is 57.2 Å². The molecule has 15 aromatic rings. The second kappa shape index (κ2) is 23.9. The lowest BCUT2D eigenvalue weighted by Crippen LogP contribution is -2.02. The minimum absolute atomic E-state index is 0.570. The molecule has 0 aliphatic rings. The van der Waals surface area contributed by atoms with E-state index in [1.165, 1.54) is 0 Å². The van der Waals surface area contributed by atoms with Gasteiger partial charge in [0.1, 0.15) is 14.3 Å². The molecule has 0 aliphatic carbocycles. The van der Waals surface area contributed by atoms with Crippen LogP contribution in [0, 0.1) is 0 Å². The highest BCUT2D eigenvalue weighted by Gasteiger charge is 2.22. The Bertz CT molecular complexity index is 5390. The Labute approximate surface area is 535 Å². The van der Waals surface area contributed by atoms with Gasteiger partial charge < -0.3 is 9.13 Å². The van der Waals surface area contributed by atoms with E-state index in [-0.39, 0.29) is 0 Å². The van der Waals surface area contributed by atoms with Gasteiger partial charge in [0.2, 0.25) is 0 Å². The molecule has 440 valence electrons. The first kappa shape index (κ1) is 57.6. The summed E-state index contributed by atoms with van der Waals surface area (Å²) in [7, 11) is -4.95. The Morgan fingerprint density at radius 1 is 0.217 bits per heavy atom. The number of hydrogen-bond acceptors (Lipinski definition) is 7. The summed E-state index contributed by atoms with van der Waals surface area (Å²) in [6.07, 6.45) is 0. The average Bonchev–Trinajstić information content (AvgIpc) is 0.772. The van der Waals surface area contributed by atoms with Crippen LogP contribution in [-0.4, -0.2) is 51.6 Å². The van der Waals surface area contributed by atoms with Gasteiger partial charge in [0.25, 0.3) is 0 Å². The van der Waals surface area contributed by atoms with Crippen LogP contribution >= 0.6 is 14.3 Å². The van der Waals surface area contributed by atoms with Gasteiger partial charge >= 0.3 is 0 Å². The Hall–Kier alpha value is -10.8. The predicted molar refractivity (Wildman–Crippen MR) is 386 cm³/mol. The van der Waals surface area contributed by atoms with Crippen LogP contribution in [0.15, 0.2) is 297 Å². The van der Waals surface area contributed by atoms with Gasteiger partial charge in [-0.05, 0) is 145 Å². The summed E-state index contributed by atoms with van der Waals surface area (Å²) in [5, 5.41) is 8.53. The fourth-order valence-electron chi connectivity index (χ4n) is 12.7. The summed E-state index contributed by atoms with van der Waals surface area (Å²) in [5.41, 5.74) is 17.9. The molecular formula is C83H61N5O2P2. The Morgan fingerprint density at radius 3 is 1.05 bits per heavy atom. The van der Waals surface area contributed by atoms with Gasteiger partial charge in [-0.2, -0.15) is 0 Å². The third kappa shape index (κ3) is 11.3. The number of rotatable bonds is 13. The normalized spacial score (nSPS) is 11.8. The van der Waals surface area contributed by atoms with Gasteiger partial charge in [-0.1, -0.05) is 267 Å². The van der Waals surface area contributed by atoms with Crippen molar-refractivity contribution in [2.45, 2.75) is 0 Å². The van der Waals surface area contributed by atoms with E-state index in [1.807, 2.05) is 99.5 Å². The van der Waals surface area contributed by atoms with Crippen molar-refractivity contribution in [3.8, 4) is 124 Å². The number of fused-ring (bicyclic) bond motifs is 3. The fraction of sp³-hybridized carbons (Fsp3) is 0.0482. The molecule has 9 heteroatoms. The lowest BCUT2D eigenvalue weighted by atomic mass is 9.85. The lowest BCUT2D eigenvalue weighted by Gasteiger charge is -2.19. The van der Waals surface area contributed by atoms with E-state index < -0.39 is 14.3 Å². The molecule has 0 saturated heterocycles. The van der Waals surface area contributed by atoms with E-state index in [9.17, 15) is 9.13 Å². The molecule has 15 rings (SSSR count). The maximum Gasteiger partial charge on any atom is 0.164 e. The molecule has 0 spiro atoms. The van der Waals surface area contributed by atoms with Crippen LogP contribution in [0.2, 0.25) is 0 Å². The zero-order valence-electron chi connectivity index (χ0n) is 51.2. The zero-order valence-corrected chi connectivity index (χ0v) is 53.0. The van der Waals surface area contributed by atoms with Crippen molar-refractivity contribution in [1.82, 2.24) is 24.9 Å². The molecule has 0 atom stereocenters. The highest BCUT2D eigenvalue weighted by atomic mass is 31.2. The van der Waals surface area contributed by atoms with Crippen molar-refractivity contribution in [3.05, 3.63) is 297 Å². The molecule has 0 radical (unpaired) electrons. The predicted octanol–water partition coefficient (Wildman–Crippen LogP) is 21.0. The first-order chi connectivity index (χ1) is 44.8. The molecule has 0 N–H and O–H groups in total. The van der Waals surface area contributed by atoms with E-state index in [4.69, 9.17) is 24.9 Å². The van der Waals surface area contributed by atoms with E-state index in [1.54, 1.807) is 0 Å². The van der Waals surface area contributed by atoms with Crippen LogP contribution < -0.4 is 10.6 Å². The zero-order chi connectivity index (χ0) is 62.5. The van der Waals surface area contributed by atoms with Crippen LogP contribution in [0.3, 0.4) is 0 Å². The van der Waals surface area contributed by atoms with Crippen molar-refractivity contribution < 1.29 is 9.13 Å². The van der Waals surface area contributed by atoms with E-state index in [2.05, 4.69) is 224 Å². The van der Waals surface area contributed by atoms with Crippen LogP contribution in [0.25, 0.3) is 156 Å². The lowest BCUT2D eigenvalue weighted by molar-refractivity contribution is 0.587. The third-order valence-electron chi connectivity index (χ3n) is 17.4. The van der Waals surface area contributed by atoms with E-state index in [0.29, 0.717) is 23.3 Å². The monoisotopic (exact) mass is 1220 g/mol. The second-order valence-electron chi connectivity index (χ2n) is 24.2. The molecule has 92 heavy (non-hydrogen) atoms. The molecule has 13 aromatic carbocycles. The Kier molecular flexibility index (Phi) is 14.9. The summed E-state index contributed by atoms with van der Waals surface area (Å²) in [6, 6.07) is 103. The van der Waals surface area contributed by atoms with Crippen LogP contribution in [-0.2, 0) is 9.13 Å². The summed E-state index contributed by atoms with van der Waals surface area (Å²) in [4.78, 5) is 26.0. The summed E-state index contributed by atoms with van der Waals surface area (Å²) in [5.74, 6) is 2.35. The van der Waals surface area contributed by atoms with Crippen LogP contribution in [0.5, 0.6) is 0 Å². The molecule has 0 fully saturated rings. The van der Waals surface area contributed by atoms with Crippen LogP contribution in [0.4, 0.5) is 0 Å². The van der Waals surface area contributed by atoms with Gasteiger partial charge in [-0.3, -0.25) is 0 Å².